The zero-order valence-corrected chi connectivity index (χ0v) is 37.1. The fourth-order valence-electron chi connectivity index (χ4n) is 6.25. The molecule has 0 amide bonds. The second kappa shape index (κ2) is 45.6. The number of rotatable bonds is 41. The van der Waals surface area contributed by atoms with E-state index in [0.717, 1.165) is 77.0 Å². The van der Waals surface area contributed by atoms with E-state index in [0.29, 0.717) is 19.3 Å². The van der Waals surface area contributed by atoms with Crippen LogP contribution in [0.2, 0.25) is 0 Å². The standard InChI is InChI=1S/C51H86O6/c1-4-7-10-13-16-19-21-23-24-25-26-28-29-32-35-38-41-44-50(53)56-47-48(46-55-49(52)43-40-37-34-31-18-15-12-9-6-3)57-51(54)45-42-39-36-33-30-27-22-20-17-14-11-8-5-2/h8,11,14,16-17,19-20,22-24,27,30,48H,4-7,9-10,12-13,15,18,21,25-26,28-29,31-47H2,1-3H3/b11-8-,17-14-,19-16-,22-20-,24-23-,30-27-. The minimum atomic E-state index is -0.795. The summed E-state index contributed by atoms with van der Waals surface area (Å²) in [4.78, 5) is 37.7. The number of carbonyl (C=O) groups excluding carboxylic acids is 3. The van der Waals surface area contributed by atoms with Crippen LogP contribution in [-0.2, 0) is 28.6 Å². The Hall–Kier alpha value is -3.15. The van der Waals surface area contributed by atoms with Gasteiger partial charge in [0.25, 0.3) is 0 Å². The monoisotopic (exact) mass is 795 g/mol. The van der Waals surface area contributed by atoms with Gasteiger partial charge in [-0.2, -0.15) is 0 Å². The van der Waals surface area contributed by atoms with E-state index < -0.39 is 6.10 Å². The van der Waals surface area contributed by atoms with E-state index in [9.17, 15) is 14.4 Å². The first-order valence-electron chi connectivity index (χ1n) is 23.5. The maximum Gasteiger partial charge on any atom is 0.306 e. The van der Waals surface area contributed by atoms with Gasteiger partial charge >= 0.3 is 17.9 Å². The van der Waals surface area contributed by atoms with Crippen molar-refractivity contribution < 1.29 is 28.6 Å². The second-order valence-corrected chi connectivity index (χ2v) is 15.4. The van der Waals surface area contributed by atoms with Crippen LogP contribution in [0.4, 0.5) is 0 Å². The van der Waals surface area contributed by atoms with Crippen molar-refractivity contribution in [2.24, 2.45) is 0 Å². The molecule has 0 N–H and O–H groups in total. The lowest BCUT2D eigenvalue weighted by atomic mass is 10.1. The van der Waals surface area contributed by atoms with Crippen molar-refractivity contribution >= 4 is 17.9 Å². The third-order valence-electron chi connectivity index (χ3n) is 9.79. The molecule has 326 valence electrons. The summed E-state index contributed by atoms with van der Waals surface area (Å²) in [5.41, 5.74) is 0. The van der Waals surface area contributed by atoms with E-state index in [-0.39, 0.29) is 37.5 Å². The highest BCUT2D eigenvalue weighted by atomic mass is 16.6. The van der Waals surface area contributed by atoms with Crippen LogP contribution in [0, 0.1) is 0 Å². The summed E-state index contributed by atoms with van der Waals surface area (Å²) in [6.07, 6.45) is 56.0. The largest absolute Gasteiger partial charge is 0.462 e. The highest BCUT2D eigenvalue weighted by molar-refractivity contribution is 5.71. The molecule has 0 aromatic rings. The van der Waals surface area contributed by atoms with E-state index in [1.807, 2.05) is 36.5 Å². The number of esters is 3. The highest BCUT2D eigenvalue weighted by Gasteiger charge is 2.19. The van der Waals surface area contributed by atoms with Crippen molar-refractivity contribution in [2.45, 2.75) is 219 Å². The molecule has 0 aliphatic carbocycles. The van der Waals surface area contributed by atoms with Crippen molar-refractivity contribution in [3.05, 3.63) is 72.9 Å². The Bertz CT molecular complexity index is 1100. The minimum absolute atomic E-state index is 0.0936. The van der Waals surface area contributed by atoms with E-state index in [2.05, 4.69) is 57.2 Å². The molecule has 0 fully saturated rings. The molecule has 0 bridgehead atoms. The van der Waals surface area contributed by atoms with Gasteiger partial charge in [-0.1, -0.05) is 196 Å². The maximum absolute atomic E-state index is 12.7. The Labute approximate surface area is 351 Å². The SMILES string of the molecule is CC\C=C/C=C\C=C/C=C\CCCCCC(=O)OC(COC(=O)CCCCCCCCC/C=C\C/C=C\CCCCC)COC(=O)CCCCCCCCCCC. The van der Waals surface area contributed by atoms with Crippen LogP contribution in [0.1, 0.15) is 213 Å². The van der Waals surface area contributed by atoms with Crippen molar-refractivity contribution in [1.29, 1.82) is 0 Å². The topological polar surface area (TPSA) is 78.9 Å². The lowest BCUT2D eigenvalue weighted by molar-refractivity contribution is -0.167. The summed E-state index contributed by atoms with van der Waals surface area (Å²) in [6, 6.07) is 0. The molecular weight excluding hydrogens is 709 g/mol. The number of unbranched alkanes of at least 4 members (excludes halogenated alkanes) is 21. The lowest BCUT2D eigenvalue weighted by Crippen LogP contribution is -2.30. The van der Waals surface area contributed by atoms with Crippen molar-refractivity contribution in [3.8, 4) is 0 Å². The number of hydrogen-bond acceptors (Lipinski definition) is 6. The minimum Gasteiger partial charge on any atom is -0.462 e. The number of carbonyl (C=O) groups is 3. The molecule has 0 radical (unpaired) electrons. The van der Waals surface area contributed by atoms with E-state index in [1.54, 1.807) is 0 Å². The molecule has 1 atom stereocenters. The Kier molecular flexibility index (Phi) is 43.0. The van der Waals surface area contributed by atoms with Crippen molar-refractivity contribution in [3.63, 3.8) is 0 Å². The maximum atomic E-state index is 12.7. The Morgan fingerprint density at radius 1 is 0.386 bits per heavy atom. The van der Waals surface area contributed by atoms with Crippen LogP contribution < -0.4 is 0 Å². The zero-order chi connectivity index (χ0) is 41.5. The Balaban J connectivity index is 4.41. The molecule has 0 aromatic heterocycles. The summed E-state index contributed by atoms with van der Waals surface area (Å²) >= 11 is 0. The first-order chi connectivity index (χ1) is 28.0. The predicted octanol–water partition coefficient (Wildman–Crippen LogP) is 15.1. The van der Waals surface area contributed by atoms with Gasteiger partial charge in [0.15, 0.2) is 6.10 Å². The first-order valence-corrected chi connectivity index (χ1v) is 23.5. The number of ether oxygens (including phenoxy) is 3. The molecule has 57 heavy (non-hydrogen) atoms. The molecule has 0 rings (SSSR count). The van der Waals surface area contributed by atoms with Crippen LogP contribution >= 0.6 is 0 Å². The molecular formula is C51H86O6. The van der Waals surface area contributed by atoms with E-state index >= 15 is 0 Å². The van der Waals surface area contributed by atoms with Crippen LogP contribution in [0.3, 0.4) is 0 Å². The van der Waals surface area contributed by atoms with Gasteiger partial charge in [0, 0.05) is 19.3 Å². The summed E-state index contributed by atoms with van der Waals surface area (Å²) in [5.74, 6) is -0.948. The molecule has 0 heterocycles. The lowest BCUT2D eigenvalue weighted by Gasteiger charge is -2.18. The molecule has 0 saturated carbocycles. The second-order valence-electron chi connectivity index (χ2n) is 15.4. The average Bonchev–Trinajstić information content (AvgIpc) is 3.21. The van der Waals surface area contributed by atoms with Crippen LogP contribution in [-0.4, -0.2) is 37.2 Å². The molecule has 6 nitrogen and oxygen atoms in total. The third-order valence-corrected chi connectivity index (χ3v) is 9.79. The smallest absolute Gasteiger partial charge is 0.306 e. The fraction of sp³-hybridized carbons (Fsp3) is 0.706. The molecule has 0 aromatic carbocycles. The first kappa shape index (κ1) is 53.9. The van der Waals surface area contributed by atoms with Gasteiger partial charge in [-0.05, 0) is 70.6 Å². The predicted molar refractivity (Wildman–Crippen MR) is 242 cm³/mol. The molecule has 0 spiro atoms. The van der Waals surface area contributed by atoms with Crippen molar-refractivity contribution in [1.82, 2.24) is 0 Å². The summed E-state index contributed by atoms with van der Waals surface area (Å²) in [5, 5.41) is 0. The number of hydrogen-bond donors (Lipinski definition) is 0. The van der Waals surface area contributed by atoms with Crippen LogP contribution in [0.25, 0.3) is 0 Å². The third kappa shape index (κ3) is 43.8. The van der Waals surface area contributed by atoms with Gasteiger partial charge in [0.1, 0.15) is 13.2 Å². The summed E-state index contributed by atoms with van der Waals surface area (Å²) in [6.45, 7) is 6.40. The Morgan fingerprint density at radius 3 is 1.26 bits per heavy atom. The highest BCUT2D eigenvalue weighted by Crippen LogP contribution is 2.13. The quantitative estimate of drug-likeness (QED) is 0.0202. The van der Waals surface area contributed by atoms with Crippen LogP contribution in [0.5, 0.6) is 0 Å². The van der Waals surface area contributed by atoms with Gasteiger partial charge in [-0.15, -0.1) is 0 Å². The van der Waals surface area contributed by atoms with E-state index in [4.69, 9.17) is 14.2 Å². The van der Waals surface area contributed by atoms with Crippen LogP contribution in [0.15, 0.2) is 72.9 Å². The molecule has 0 aliphatic heterocycles. The number of allylic oxidation sites excluding steroid dienone is 12. The molecule has 0 saturated heterocycles. The normalized spacial score (nSPS) is 12.7. The fourth-order valence-corrected chi connectivity index (χ4v) is 6.25. The molecule has 1 unspecified atom stereocenters. The molecule has 6 heteroatoms. The Morgan fingerprint density at radius 2 is 0.754 bits per heavy atom. The molecule has 0 aliphatic rings. The average molecular weight is 795 g/mol. The van der Waals surface area contributed by atoms with Gasteiger partial charge < -0.3 is 14.2 Å². The summed E-state index contributed by atoms with van der Waals surface area (Å²) < 4.78 is 16.7. The van der Waals surface area contributed by atoms with Gasteiger partial charge in [0.2, 0.25) is 0 Å². The van der Waals surface area contributed by atoms with Gasteiger partial charge in [-0.3, -0.25) is 14.4 Å². The van der Waals surface area contributed by atoms with Crippen molar-refractivity contribution in [2.75, 3.05) is 13.2 Å². The van der Waals surface area contributed by atoms with Gasteiger partial charge in [0.05, 0.1) is 0 Å². The van der Waals surface area contributed by atoms with Gasteiger partial charge in [-0.25, -0.2) is 0 Å². The summed E-state index contributed by atoms with van der Waals surface area (Å²) in [7, 11) is 0. The zero-order valence-electron chi connectivity index (χ0n) is 37.1. The van der Waals surface area contributed by atoms with E-state index in [1.165, 1.54) is 89.9 Å².